The van der Waals surface area contributed by atoms with Gasteiger partial charge in [0.2, 0.25) is 5.91 Å². The molecular formula is C17H20N2O6. The van der Waals surface area contributed by atoms with E-state index in [9.17, 15) is 24.3 Å². The molecule has 1 aromatic rings. The molecule has 8 heteroatoms. The van der Waals surface area contributed by atoms with E-state index in [2.05, 4.69) is 5.32 Å². The van der Waals surface area contributed by atoms with Gasteiger partial charge in [-0.2, -0.15) is 0 Å². The van der Waals surface area contributed by atoms with Gasteiger partial charge in [0.25, 0.3) is 5.91 Å². The first-order valence-corrected chi connectivity index (χ1v) is 8.01. The second-order valence-corrected chi connectivity index (χ2v) is 5.85. The molecule has 25 heavy (non-hydrogen) atoms. The molecule has 1 saturated heterocycles. The number of carboxylic acid groups (broad SMARTS) is 2. The highest BCUT2D eigenvalue weighted by Crippen LogP contribution is 2.19. The fourth-order valence-electron chi connectivity index (χ4n) is 2.82. The zero-order valence-electron chi connectivity index (χ0n) is 13.6. The summed E-state index contributed by atoms with van der Waals surface area (Å²) in [6.45, 7) is 0.351. The lowest BCUT2D eigenvalue weighted by Gasteiger charge is -2.22. The largest absolute Gasteiger partial charge is 0.480 e. The van der Waals surface area contributed by atoms with Crippen LogP contribution in [0.3, 0.4) is 0 Å². The van der Waals surface area contributed by atoms with E-state index in [0.717, 1.165) is 0 Å². The Hall–Kier alpha value is -2.90. The maximum atomic E-state index is 12.2. The summed E-state index contributed by atoms with van der Waals surface area (Å²) in [5, 5.41) is 20.7. The van der Waals surface area contributed by atoms with Crippen molar-refractivity contribution < 1.29 is 29.4 Å². The molecular weight excluding hydrogens is 328 g/mol. The molecule has 1 aliphatic heterocycles. The Balaban J connectivity index is 1.93. The van der Waals surface area contributed by atoms with Gasteiger partial charge in [-0.25, -0.2) is 9.59 Å². The van der Waals surface area contributed by atoms with Crippen molar-refractivity contribution in [2.45, 2.75) is 37.8 Å². The first kappa shape index (κ1) is 18.4. The first-order valence-electron chi connectivity index (χ1n) is 8.01. The monoisotopic (exact) mass is 348 g/mol. The number of hydrogen-bond donors (Lipinski definition) is 3. The third-order valence-electron chi connectivity index (χ3n) is 4.14. The van der Waals surface area contributed by atoms with Gasteiger partial charge in [0.05, 0.1) is 0 Å². The van der Waals surface area contributed by atoms with Crippen LogP contribution in [-0.4, -0.2) is 57.5 Å². The van der Waals surface area contributed by atoms with E-state index in [1.807, 2.05) is 0 Å². The van der Waals surface area contributed by atoms with Crippen molar-refractivity contribution in [3.05, 3.63) is 35.9 Å². The molecule has 2 amide bonds. The zero-order chi connectivity index (χ0) is 18.4. The number of nitrogens with one attached hydrogen (secondary N) is 1. The van der Waals surface area contributed by atoms with Crippen molar-refractivity contribution in [2.24, 2.45) is 0 Å². The molecule has 0 radical (unpaired) electrons. The van der Waals surface area contributed by atoms with Gasteiger partial charge in [0, 0.05) is 18.5 Å². The second kappa shape index (κ2) is 8.27. The Labute approximate surface area is 144 Å². The number of carbonyl (C=O) groups is 4. The van der Waals surface area contributed by atoms with Gasteiger partial charge in [-0.05, 0) is 31.4 Å². The molecule has 0 bridgehead atoms. The van der Waals surface area contributed by atoms with Gasteiger partial charge in [0.15, 0.2) is 0 Å². The average Bonchev–Trinajstić information content (AvgIpc) is 3.08. The van der Waals surface area contributed by atoms with Gasteiger partial charge < -0.3 is 20.4 Å². The third-order valence-corrected chi connectivity index (χ3v) is 4.14. The number of rotatable bonds is 7. The smallest absolute Gasteiger partial charge is 0.326 e. The average molecular weight is 348 g/mol. The first-order chi connectivity index (χ1) is 11.9. The molecule has 8 nitrogen and oxygen atoms in total. The Morgan fingerprint density at radius 2 is 1.84 bits per heavy atom. The Morgan fingerprint density at radius 1 is 1.16 bits per heavy atom. The SMILES string of the molecule is O=C(N[C@H](CCC(=O)N1CCC[C@H]1C(=O)O)C(=O)O)c1ccccc1. The zero-order valence-corrected chi connectivity index (χ0v) is 13.6. The summed E-state index contributed by atoms with van der Waals surface area (Å²) in [5.41, 5.74) is 0.325. The highest BCUT2D eigenvalue weighted by atomic mass is 16.4. The number of nitrogens with zero attached hydrogens (tertiary/aromatic N) is 1. The fourth-order valence-corrected chi connectivity index (χ4v) is 2.82. The molecule has 1 aromatic carbocycles. The number of carboxylic acids is 2. The van der Waals surface area contributed by atoms with Crippen LogP contribution < -0.4 is 5.32 Å². The maximum Gasteiger partial charge on any atom is 0.326 e. The minimum absolute atomic E-state index is 0.102. The van der Waals surface area contributed by atoms with Crippen LogP contribution in [0.4, 0.5) is 0 Å². The molecule has 1 fully saturated rings. The van der Waals surface area contributed by atoms with Crippen LogP contribution in [0.2, 0.25) is 0 Å². The quantitative estimate of drug-likeness (QED) is 0.667. The van der Waals surface area contributed by atoms with Crippen LogP contribution in [0.15, 0.2) is 30.3 Å². The second-order valence-electron chi connectivity index (χ2n) is 5.85. The number of likely N-dealkylation sites (tertiary alicyclic amines) is 1. The van der Waals surface area contributed by atoms with Crippen molar-refractivity contribution in [1.82, 2.24) is 10.2 Å². The topological polar surface area (TPSA) is 124 Å². The van der Waals surface area contributed by atoms with E-state index >= 15 is 0 Å². The maximum absolute atomic E-state index is 12.2. The summed E-state index contributed by atoms with van der Waals surface area (Å²) in [5.74, 6) is -3.25. The highest BCUT2D eigenvalue weighted by Gasteiger charge is 2.34. The predicted molar refractivity (Wildman–Crippen MR) is 86.9 cm³/mol. The van der Waals surface area contributed by atoms with Crippen molar-refractivity contribution in [2.75, 3.05) is 6.54 Å². The van der Waals surface area contributed by atoms with Gasteiger partial charge in [0.1, 0.15) is 12.1 Å². The van der Waals surface area contributed by atoms with Crippen LogP contribution in [0.5, 0.6) is 0 Å². The molecule has 134 valence electrons. The van der Waals surface area contributed by atoms with Crippen molar-refractivity contribution >= 4 is 23.8 Å². The summed E-state index contributed by atoms with van der Waals surface area (Å²) in [6, 6.07) is 6.10. The third kappa shape index (κ3) is 4.79. The number of amides is 2. The van der Waals surface area contributed by atoms with Crippen molar-refractivity contribution in [1.29, 1.82) is 0 Å². The van der Waals surface area contributed by atoms with Crippen molar-refractivity contribution in [3.8, 4) is 0 Å². The van der Waals surface area contributed by atoms with Crippen LogP contribution >= 0.6 is 0 Å². The number of aliphatic carboxylic acids is 2. The van der Waals surface area contributed by atoms with Gasteiger partial charge in [-0.1, -0.05) is 18.2 Å². The van der Waals surface area contributed by atoms with E-state index < -0.39 is 35.8 Å². The predicted octanol–water partition coefficient (Wildman–Crippen LogP) is 0.725. The summed E-state index contributed by atoms with van der Waals surface area (Å²) in [4.78, 5) is 48.0. The van der Waals surface area contributed by atoms with E-state index in [0.29, 0.717) is 24.9 Å². The van der Waals surface area contributed by atoms with E-state index in [4.69, 9.17) is 5.11 Å². The molecule has 2 atom stereocenters. The normalized spacial score (nSPS) is 17.8. The number of benzene rings is 1. The molecule has 0 aromatic heterocycles. The summed E-state index contributed by atoms with van der Waals surface area (Å²) >= 11 is 0. The molecule has 2 rings (SSSR count). The molecule has 0 unspecified atom stereocenters. The van der Waals surface area contributed by atoms with Gasteiger partial charge >= 0.3 is 11.9 Å². The van der Waals surface area contributed by atoms with E-state index in [1.54, 1.807) is 30.3 Å². The Bertz CT molecular complexity index is 660. The molecule has 3 N–H and O–H groups in total. The summed E-state index contributed by atoms with van der Waals surface area (Å²) < 4.78 is 0. The Morgan fingerprint density at radius 3 is 2.44 bits per heavy atom. The summed E-state index contributed by atoms with van der Waals surface area (Å²) in [6.07, 6.45) is 0.759. The van der Waals surface area contributed by atoms with Crippen LogP contribution in [-0.2, 0) is 14.4 Å². The van der Waals surface area contributed by atoms with Gasteiger partial charge in [-0.3, -0.25) is 9.59 Å². The van der Waals surface area contributed by atoms with Crippen LogP contribution in [0.25, 0.3) is 0 Å². The van der Waals surface area contributed by atoms with Gasteiger partial charge in [-0.15, -0.1) is 0 Å². The lowest BCUT2D eigenvalue weighted by molar-refractivity contribution is -0.148. The molecule has 0 aliphatic carbocycles. The van der Waals surface area contributed by atoms with Crippen molar-refractivity contribution in [3.63, 3.8) is 0 Å². The lowest BCUT2D eigenvalue weighted by Crippen LogP contribution is -2.43. The standard InChI is InChI=1S/C17H20N2O6/c20-14(19-10-4-7-13(19)17(24)25)9-8-12(16(22)23)18-15(21)11-5-2-1-3-6-11/h1-3,5-6,12-13H,4,7-10H2,(H,18,21)(H,22,23)(H,24,25)/t12-,13+/m1/s1. The van der Waals surface area contributed by atoms with Crippen LogP contribution in [0, 0.1) is 0 Å². The minimum atomic E-state index is -1.24. The minimum Gasteiger partial charge on any atom is -0.480 e. The molecule has 1 aliphatic rings. The summed E-state index contributed by atoms with van der Waals surface area (Å²) in [7, 11) is 0. The number of hydrogen-bond acceptors (Lipinski definition) is 4. The van der Waals surface area contributed by atoms with E-state index in [-0.39, 0.29) is 12.8 Å². The van der Waals surface area contributed by atoms with E-state index in [1.165, 1.54) is 4.90 Å². The Kier molecular flexibility index (Phi) is 6.10. The molecule has 0 spiro atoms. The fraction of sp³-hybridized carbons (Fsp3) is 0.412. The molecule has 0 saturated carbocycles. The lowest BCUT2D eigenvalue weighted by atomic mass is 10.1. The molecule has 1 heterocycles. The highest BCUT2D eigenvalue weighted by molar-refractivity contribution is 5.96. The van der Waals surface area contributed by atoms with Crippen LogP contribution in [0.1, 0.15) is 36.0 Å². The number of carbonyl (C=O) groups excluding carboxylic acids is 2.